The molecule has 1 saturated carbocycles. The summed E-state index contributed by atoms with van der Waals surface area (Å²) in [5, 5.41) is 4.55. The summed E-state index contributed by atoms with van der Waals surface area (Å²) in [6.45, 7) is 0. The van der Waals surface area contributed by atoms with E-state index >= 15 is 0 Å². The summed E-state index contributed by atoms with van der Waals surface area (Å²) in [5.74, 6) is -1.92. The Labute approximate surface area is 156 Å². The second kappa shape index (κ2) is 6.22. The van der Waals surface area contributed by atoms with Gasteiger partial charge >= 0.3 is 12.2 Å². The van der Waals surface area contributed by atoms with Crippen LogP contribution in [0, 0.1) is 5.92 Å². The Hall–Kier alpha value is -2.62. The third-order valence-corrected chi connectivity index (χ3v) is 4.71. The highest BCUT2D eigenvalue weighted by Gasteiger charge is 2.57. The molecule has 3 aromatic rings. The van der Waals surface area contributed by atoms with Crippen molar-refractivity contribution in [1.82, 2.24) is 24.6 Å². The largest absolute Gasteiger partial charge is 0.480 e. The second-order valence-corrected chi connectivity index (χ2v) is 6.46. The quantitative estimate of drug-likeness (QED) is 0.668. The van der Waals surface area contributed by atoms with Gasteiger partial charge in [0.2, 0.25) is 5.88 Å². The van der Waals surface area contributed by atoms with Crippen LogP contribution in [0.2, 0.25) is 5.15 Å². The number of rotatable bonds is 4. The maximum atomic E-state index is 13.1. The molecule has 0 bridgehead atoms. The summed E-state index contributed by atoms with van der Waals surface area (Å²) in [5.41, 5.74) is 1.45. The van der Waals surface area contributed by atoms with Crippen molar-refractivity contribution < 1.29 is 22.6 Å². The van der Waals surface area contributed by atoms with Crippen molar-refractivity contribution in [3.8, 4) is 23.1 Å². The van der Waals surface area contributed by atoms with E-state index < -0.39 is 18.0 Å². The van der Waals surface area contributed by atoms with E-state index in [2.05, 4.69) is 20.1 Å². The van der Waals surface area contributed by atoms with Gasteiger partial charge in [-0.3, -0.25) is 0 Å². The van der Waals surface area contributed by atoms with Gasteiger partial charge in [0.25, 0.3) is 0 Å². The maximum Gasteiger partial charge on any atom is 0.392 e. The number of imidazole rings is 1. The maximum absolute atomic E-state index is 13.1. The lowest BCUT2D eigenvalue weighted by Gasteiger charge is -2.11. The molecule has 0 spiro atoms. The molecule has 0 aliphatic heterocycles. The van der Waals surface area contributed by atoms with Crippen LogP contribution in [0.4, 0.5) is 13.2 Å². The van der Waals surface area contributed by atoms with E-state index in [-0.39, 0.29) is 23.5 Å². The highest BCUT2D eigenvalue weighted by Crippen LogP contribution is 2.57. The van der Waals surface area contributed by atoms with Gasteiger partial charge in [-0.25, -0.2) is 14.5 Å². The van der Waals surface area contributed by atoms with E-state index in [0.29, 0.717) is 22.5 Å². The van der Waals surface area contributed by atoms with Gasteiger partial charge in [-0.2, -0.15) is 23.3 Å². The Balaban J connectivity index is 1.87. The monoisotopic (exact) mass is 399 g/mol. The molecule has 0 saturated heterocycles. The number of alkyl halides is 3. The zero-order valence-electron chi connectivity index (χ0n) is 14.2. The van der Waals surface area contributed by atoms with Gasteiger partial charge in [0.05, 0.1) is 37.6 Å². The van der Waals surface area contributed by atoms with Gasteiger partial charge in [-0.05, 0) is 18.4 Å². The molecule has 7 nitrogen and oxygen atoms in total. The van der Waals surface area contributed by atoms with Crippen LogP contribution in [0.25, 0.3) is 16.9 Å². The van der Waals surface area contributed by atoms with Crippen molar-refractivity contribution in [1.29, 1.82) is 0 Å². The van der Waals surface area contributed by atoms with Crippen LogP contribution in [0.5, 0.6) is 11.9 Å². The Morgan fingerprint density at radius 1 is 1.19 bits per heavy atom. The topological polar surface area (TPSA) is 74.4 Å². The van der Waals surface area contributed by atoms with E-state index in [9.17, 15) is 13.2 Å². The Kier molecular flexibility index (Phi) is 4.10. The number of nitrogens with zero attached hydrogens (tertiary/aromatic N) is 5. The molecule has 1 fully saturated rings. The van der Waals surface area contributed by atoms with Crippen molar-refractivity contribution in [3.05, 3.63) is 29.2 Å². The normalized spacial score (nSPS) is 19.3. The van der Waals surface area contributed by atoms with Crippen LogP contribution in [0.15, 0.2) is 18.5 Å². The summed E-state index contributed by atoms with van der Waals surface area (Å²) in [7, 11) is 2.82. The number of halogens is 4. The average Bonchev–Trinajstić information content (AvgIpc) is 3.38. The first kappa shape index (κ1) is 17.8. The second-order valence-electron chi connectivity index (χ2n) is 6.07. The molecule has 1 aliphatic rings. The van der Waals surface area contributed by atoms with Gasteiger partial charge < -0.3 is 9.47 Å². The van der Waals surface area contributed by atoms with Crippen LogP contribution < -0.4 is 9.47 Å². The van der Waals surface area contributed by atoms with Crippen LogP contribution in [0.1, 0.15) is 17.9 Å². The van der Waals surface area contributed by atoms with E-state index in [1.165, 1.54) is 31.1 Å². The number of hydrogen-bond donors (Lipinski definition) is 0. The van der Waals surface area contributed by atoms with Gasteiger partial charge in [-0.1, -0.05) is 11.6 Å². The summed E-state index contributed by atoms with van der Waals surface area (Å²) < 4.78 is 50.8. The van der Waals surface area contributed by atoms with E-state index in [0.717, 1.165) is 0 Å². The minimum Gasteiger partial charge on any atom is -0.480 e. The minimum absolute atomic E-state index is 0.00331. The van der Waals surface area contributed by atoms with Gasteiger partial charge in [0, 0.05) is 11.8 Å². The summed E-state index contributed by atoms with van der Waals surface area (Å²) in [4.78, 5) is 12.2. The molecule has 142 valence electrons. The molecule has 0 amide bonds. The van der Waals surface area contributed by atoms with Crippen molar-refractivity contribution >= 4 is 17.2 Å². The third-order valence-electron chi connectivity index (χ3n) is 4.45. The molecule has 1 aliphatic carbocycles. The fourth-order valence-electron chi connectivity index (χ4n) is 3.05. The summed E-state index contributed by atoms with van der Waals surface area (Å²) in [6, 6.07) is 1.65. The average molecular weight is 400 g/mol. The highest BCUT2D eigenvalue weighted by atomic mass is 35.5. The first-order valence-electron chi connectivity index (χ1n) is 7.89. The molecular formula is C16H13ClF3N5O2. The van der Waals surface area contributed by atoms with Gasteiger partial charge in [0.15, 0.2) is 10.8 Å². The Morgan fingerprint density at radius 2 is 1.96 bits per heavy atom. The standard InChI is InChI=1S/C16H13ClF3N5O2/c1-26-14-9(5-22-15(23-14)27-2)11-4-8(7-3-10(7)16(18,19)20)13-21-6-12(17)25(13)24-11/h4-7,10H,3H2,1-2H3/t7-,10+/m1/s1. The lowest BCUT2D eigenvalue weighted by molar-refractivity contribution is -0.148. The summed E-state index contributed by atoms with van der Waals surface area (Å²) in [6.07, 6.45) is -1.47. The lowest BCUT2D eigenvalue weighted by atomic mass is 10.1. The van der Waals surface area contributed by atoms with Crippen molar-refractivity contribution in [2.24, 2.45) is 5.92 Å². The molecule has 11 heteroatoms. The van der Waals surface area contributed by atoms with Crippen molar-refractivity contribution in [2.45, 2.75) is 18.5 Å². The molecular weight excluding hydrogens is 387 g/mol. The Morgan fingerprint density at radius 3 is 2.59 bits per heavy atom. The molecule has 3 heterocycles. The number of fused-ring (bicyclic) bond motifs is 1. The number of hydrogen-bond acceptors (Lipinski definition) is 6. The molecule has 2 atom stereocenters. The Bertz CT molecular complexity index is 1020. The fourth-order valence-corrected chi connectivity index (χ4v) is 3.22. The zero-order valence-corrected chi connectivity index (χ0v) is 14.9. The molecule has 3 aromatic heterocycles. The molecule has 27 heavy (non-hydrogen) atoms. The molecule has 0 radical (unpaired) electrons. The molecule has 0 unspecified atom stereocenters. The summed E-state index contributed by atoms with van der Waals surface area (Å²) >= 11 is 6.11. The molecule has 4 rings (SSSR count). The van der Waals surface area contributed by atoms with E-state index in [1.807, 2.05) is 0 Å². The van der Waals surface area contributed by atoms with Gasteiger partial charge in [-0.15, -0.1) is 0 Å². The first-order valence-corrected chi connectivity index (χ1v) is 8.27. The van der Waals surface area contributed by atoms with E-state index in [1.54, 1.807) is 6.07 Å². The zero-order chi connectivity index (χ0) is 19.3. The number of methoxy groups -OCH3 is 2. The van der Waals surface area contributed by atoms with Crippen molar-refractivity contribution in [3.63, 3.8) is 0 Å². The smallest absolute Gasteiger partial charge is 0.392 e. The number of ether oxygens (including phenoxy) is 2. The van der Waals surface area contributed by atoms with Crippen molar-refractivity contribution in [2.75, 3.05) is 14.2 Å². The van der Waals surface area contributed by atoms with E-state index in [4.69, 9.17) is 21.1 Å². The lowest BCUT2D eigenvalue weighted by Crippen LogP contribution is -2.12. The highest BCUT2D eigenvalue weighted by molar-refractivity contribution is 6.29. The van der Waals surface area contributed by atoms with Crippen LogP contribution in [-0.2, 0) is 0 Å². The predicted octanol–water partition coefficient (Wildman–Crippen LogP) is 3.52. The third kappa shape index (κ3) is 3.03. The molecule has 0 N–H and O–H groups in total. The predicted molar refractivity (Wildman–Crippen MR) is 89.0 cm³/mol. The fraction of sp³-hybridized carbons (Fsp3) is 0.375. The van der Waals surface area contributed by atoms with Crippen LogP contribution in [0.3, 0.4) is 0 Å². The number of aromatic nitrogens is 5. The van der Waals surface area contributed by atoms with Crippen LogP contribution in [-0.4, -0.2) is 45.0 Å². The van der Waals surface area contributed by atoms with Crippen LogP contribution >= 0.6 is 11.6 Å². The van der Waals surface area contributed by atoms with Gasteiger partial charge in [0.1, 0.15) is 0 Å². The minimum atomic E-state index is -4.26. The molecule has 0 aromatic carbocycles. The first-order chi connectivity index (χ1) is 12.8. The SMILES string of the molecule is COc1ncc(-c2cc([C@H]3C[C@@H]3C(F)(F)F)c3ncc(Cl)n3n2)c(OC)n1.